The van der Waals surface area contributed by atoms with Crippen molar-refractivity contribution in [3.05, 3.63) is 69.4 Å². The van der Waals surface area contributed by atoms with Crippen molar-refractivity contribution < 1.29 is 23.9 Å². The minimum absolute atomic E-state index is 0.250. The second kappa shape index (κ2) is 7.66. The zero-order chi connectivity index (χ0) is 16.7. The molecule has 0 aliphatic carbocycles. The zero-order valence-electron chi connectivity index (χ0n) is 11.6. The topological polar surface area (TPSA) is 93.4 Å². The lowest BCUT2D eigenvalue weighted by atomic mass is 10.2. The molecular weight excluding hydrogens is 293 g/mol. The van der Waals surface area contributed by atoms with Gasteiger partial charge in [0.25, 0.3) is 0 Å². The van der Waals surface area contributed by atoms with Crippen LogP contribution in [0.5, 0.6) is 0 Å². The van der Waals surface area contributed by atoms with Crippen molar-refractivity contribution in [1.82, 2.24) is 4.57 Å². The van der Waals surface area contributed by atoms with Crippen molar-refractivity contribution >= 4 is 12.1 Å². The monoisotopic (exact) mass is 305 g/mol. The van der Waals surface area contributed by atoms with E-state index in [-0.39, 0.29) is 17.5 Å². The number of rotatable bonds is 3. The van der Waals surface area contributed by atoms with Crippen molar-refractivity contribution in [1.29, 1.82) is 0 Å². The maximum absolute atomic E-state index is 12.8. The molecule has 2 rings (SSSR count). The summed E-state index contributed by atoms with van der Waals surface area (Å²) in [5.41, 5.74) is 0.438. The highest BCUT2D eigenvalue weighted by molar-refractivity contribution is 5.87. The Bertz CT molecular complexity index is 758. The van der Waals surface area contributed by atoms with E-state index in [1.54, 1.807) is 29.8 Å². The first kappa shape index (κ1) is 17.0. The second-order valence-corrected chi connectivity index (χ2v) is 4.37. The molecule has 0 unspecified atom stereocenters. The van der Waals surface area contributed by atoms with E-state index in [4.69, 9.17) is 14.7 Å². The van der Waals surface area contributed by atoms with Gasteiger partial charge < -0.3 is 9.67 Å². The number of aromatic carboxylic acids is 1. The van der Waals surface area contributed by atoms with Crippen LogP contribution in [0.25, 0.3) is 0 Å². The molecular formula is C15H12FNO5. The Morgan fingerprint density at radius 2 is 1.77 bits per heavy atom. The molecule has 22 heavy (non-hydrogen) atoms. The smallest absolute Gasteiger partial charge is 0.373 e. The lowest BCUT2D eigenvalue weighted by Crippen LogP contribution is -2.20. The highest BCUT2D eigenvalue weighted by atomic mass is 19.1. The van der Waals surface area contributed by atoms with Crippen LogP contribution in [0.1, 0.15) is 21.5 Å². The second-order valence-electron chi connectivity index (χ2n) is 4.37. The van der Waals surface area contributed by atoms with Crippen LogP contribution in [-0.4, -0.2) is 21.8 Å². The number of halogens is 1. The van der Waals surface area contributed by atoms with Crippen molar-refractivity contribution in [3.63, 3.8) is 0 Å². The molecule has 0 bridgehead atoms. The zero-order valence-corrected chi connectivity index (χ0v) is 11.6. The summed E-state index contributed by atoms with van der Waals surface area (Å²) in [6, 6.07) is 5.90. The van der Waals surface area contributed by atoms with Gasteiger partial charge in [-0.25, -0.2) is 9.18 Å². The van der Waals surface area contributed by atoms with E-state index in [1.807, 2.05) is 0 Å². The number of aryl methyl sites for hydroxylation is 1. The van der Waals surface area contributed by atoms with Gasteiger partial charge in [0.15, 0.2) is 5.43 Å². The number of pyridine rings is 1. The molecule has 0 fully saturated rings. The van der Waals surface area contributed by atoms with Gasteiger partial charge in [-0.2, -0.15) is 9.59 Å². The van der Waals surface area contributed by atoms with Gasteiger partial charge >= 0.3 is 12.1 Å². The van der Waals surface area contributed by atoms with Gasteiger partial charge in [-0.15, -0.1) is 0 Å². The number of hydrogen-bond donors (Lipinski definition) is 1. The molecule has 0 aliphatic rings. The van der Waals surface area contributed by atoms with Crippen LogP contribution >= 0.6 is 0 Å². The maximum Gasteiger partial charge on any atom is 0.373 e. The molecule has 0 amide bonds. The van der Waals surface area contributed by atoms with Gasteiger partial charge in [-0.05, 0) is 24.6 Å². The predicted octanol–water partition coefficient (Wildman–Crippen LogP) is 1.46. The van der Waals surface area contributed by atoms with Gasteiger partial charge in [-0.3, -0.25) is 4.79 Å². The van der Waals surface area contributed by atoms with Crippen LogP contribution < -0.4 is 5.43 Å². The van der Waals surface area contributed by atoms with E-state index in [2.05, 4.69) is 0 Å². The van der Waals surface area contributed by atoms with Crippen LogP contribution in [0.15, 0.2) is 41.5 Å². The third-order valence-electron chi connectivity index (χ3n) is 2.77. The summed E-state index contributed by atoms with van der Waals surface area (Å²) in [6.07, 6.45) is 3.12. The molecule has 1 aromatic heterocycles. The summed E-state index contributed by atoms with van der Waals surface area (Å²) >= 11 is 0. The molecule has 0 saturated heterocycles. The molecule has 7 heteroatoms. The fourth-order valence-electron chi connectivity index (χ4n) is 1.83. The minimum atomic E-state index is -1.25. The number of carbonyl (C=O) groups excluding carboxylic acids is 2. The van der Waals surface area contributed by atoms with Crippen molar-refractivity contribution in [2.24, 2.45) is 0 Å². The standard InChI is InChI=1S/C14H12FNO3.CO2/c1-9-6-16(8-12(13(9)17)14(18)19)7-10-2-4-11(15)5-3-10;2-1-3/h2-6,8H,7H2,1H3,(H,18,19);. The molecule has 2 aromatic rings. The first-order valence-corrected chi connectivity index (χ1v) is 6.06. The van der Waals surface area contributed by atoms with E-state index in [1.165, 1.54) is 18.3 Å². The summed E-state index contributed by atoms with van der Waals surface area (Å²) < 4.78 is 14.4. The van der Waals surface area contributed by atoms with Gasteiger partial charge in [-0.1, -0.05) is 12.1 Å². The summed E-state index contributed by atoms with van der Waals surface area (Å²) in [4.78, 5) is 38.8. The van der Waals surface area contributed by atoms with Crippen molar-refractivity contribution in [2.45, 2.75) is 13.5 Å². The van der Waals surface area contributed by atoms with Gasteiger partial charge in [0.1, 0.15) is 11.4 Å². The Balaban J connectivity index is 0.000000745. The highest BCUT2D eigenvalue weighted by Gasteiger charge is 2.11. The van der Waals surface area contributed by atoms with Crippen LogP contribution in [0, 0.1) is 12.7 Å². The Kier molecular flexibility index (Phi) is 5.92. The molecule has 0 saturated carbocycles. The first-order valence-electron chi connectivity index (χ1n) is 6.06. The van der Waals surface area contributed by atoms with Crippen molar-refractivity contribution in [2.75, 3.05) is 0 Å². The maximum atomic E-state index is 12.8. The fraction of sp³-hybridized carbons (Fsp3) is 0.133. The highest BCUT2D eigenvalue weighted by Crippen LogP contribution is 2.06. The number of hydrogen-bond acceptors (Lipinski definition) is 4. The molecule has 0 atom stereocenters. The predicted molar refractivity (Wildman–Crippen MR) is 72.9 cm³/mol. The SMILES string of the molecule is Cc1cn(Cc2ccc(F)cc2)cc(C(=O)O)c1=O.O=C=O. The number of nitrogens with zero attached hydrogens (tertiary/aromatic N) is 1. The summed E-state index contributed by atoms with van der Waals surface area (Å²) in [5, 5.41) is 8.95. The van der Waals surface area contributed by atoms with Gasteiger partial charge in [0.05, 0.1) is 0 Å². The number of aromatic nitrogens is 1. The largest absolute Gasteiger partial charge is 0.477 e. The van der Waals surface area contributed by atoms with Crippen LogP contribution in [0.2, 0.25) is 0 Å². The van der Waals surface area contributed by atoms with Gasteiger partial charge in [0, 0.05) is 24.5 Å². The molecule has 1 aromatic carbocycles. The lowest BCUT2D eigenvalue weighted by molar-refractivity contribution is -0.191. The third kappa shape index (κ3) is 4.50. The molecule has 0 spiro atoms. The van der Waals surface area contributed by atoms with Crippen LogP contribution in [-0.2, 0) is 16.1 Å². The van der Waals surface area contributed by atoms with Crippen molar-refractivity contribution in [3.8, 4) is 0 Å². The Hall–Kier alpha value is -3.05. The minimum Gasteiger partial charge on any atom is -0.477 e. The van der Waals surface area contributed by atoms with Crippen LogP contribution in [0.4, 0.5) is 4.39 Å². The average molecular weight is 305 g/mol. The molecule has 114 valence electrons. The summed E-state index contributed by atoms with van der Waals surface area (Å²) in [5.74, 6) is -1.58. The van der Waals surface area contributed by atoms with E-state index >= 15 is 0 Å². The fourth-order valence-corrected chi connectivity index (χ4v) is 1.83. The average Bonchev–Trinajstić information content (AvgIpc) is 2.45. The normalized spacial score (nSPS) is 9.36. The Labute approximate surface area is 124 Å². The molecule has 0 aliphatic heterocycles. The molecule has 6 nitrogen and oxygen atoms in total. The quantitative estimate of drug-likeness (QED) is 0.926. The number of benzene rings is 1. The van der Waals surface area contributed by atoms with Crippen LogP contribution in [0.3, 0.4) is 0 Å². The van der Waals surface area contributed by atoms with E-state index in [0.29, 0.717) is 12.1 Å². The third-order valence-corrected chi connectivity index (χ3v) is 2.77. The molecule has 0 radical (unpaired) electrons. The number of carboxylic acid groups (broad SMARTS) is 1. The lowest BCUT2D eigenvalue weighted by Gasteiger charge is -2.09. The number of carbonyl (C=O) groups is 1. The Morgan fingerprint density at radius 1 is 1.23 bits per heavy atom. The van der Waals surface area contributed by atoms with E-state index < -0.39 is 11.4 Å². The van der Waals surface area contributed by atoms with Gasteiger partial charge in [0.2, 0.25) is 0 Å². The Morgan fingerprint density at radius 3 is 2.27 bits per heavy atom. The molecule has 1 N–H and O–H groups in total. The summed E-state index contributed by atoms with van der Waals surface area (Å²) in [7, 11) is 0. The summed E-state index contributed by atoms with van der Waals surface area (Å²) in [6.45, 7) is 1.94. The first-order chi connectivity index (χ1) is 10.4. The number of carboxylic acids is 1. The van der Waals surface area contributed by atoms with E-state index in [0.717, 1.165) is 5.56 Å². The van der Waals surface area contributed by atoms with E-state index in [9.17, 15) is 14.0 Å². The molecule has 1 heterocycles.